The Balaban J connectivity index is 1.34. The Morgan fingerprint density at radius 3 is 1.50 bits per heavy atom. The molecule has 0 aliphatic carbocycles. The molecule has 6 rings (SSSR count). The number of aromatic nitrogens is 4. The third-order valence-electron chi connectivity index (χ3n) is 5.79. The van der Waals surface area contributed by atoms with Crippen molar-refractivity contribution < 1.29 is 0 Å². The Morgan fingerprint density at radius 1 is 0.562 bits per heavy atom. The van der Waals surface area contributed by atoms with Crippen LogP contribution >= 0.6 is 0 Å². The Kier molecular flexibility index (Phi) is 4.25. The molecule has 0 fully saturated rings. The van der Waals surface area contributed by atoms with Crippen LogP contribution in [0.5, 0.6) is 0 Å². The van der Waals surface area contributed by atoms with Gasteiger partial charge in [-0.15, -0.1) is 0 Å². The quantitative estimate of drug-likeness (QED) is 0.347. The number of benzene rings is 4. The lowest BCUT2D eigenvalue weighted by Crippen LogP contribution is -2.10. The van der Waals surface area contributed by atoms with Crippen molar-refractivity contribution in [3.63, 3.8) is 0 Å². The third kappa shape index (κ3) is 3.20. The number of anilines is 2. The first-order chi connectivity index (χ1) is 15.7. The number of hydrogen-bond acceptors (Lipinski definition) is 3. The molecule has 2 heterocycles. The van der Waals surface area contributed by atoms with Gasteiger partial charge in [-0.1, -0.05) is 48.5 Å². The molecule has 0 spiro atoms. The maximum absolute atomic E-state index is 4.72. The molecule has 4 aromatic carbocycles. The monoisotopic (exact) mass is 415 g/mol. The number of fused-ring (bicyclic) bond motifs is 2. The Labute approximate surface area is 185 Å². The van der Waals surface area contributed by atoms with Crippen LogP contribution in [0.25, 0.3) is 33.2 Å². The first-order valence-corrected chi connectivity index (χ1v) is 10.6. The molecular formula is C27H21N5. The van der Waals surface area contributed by atoms with Crippen molar-refractivity contribution >= 4 is 33.2 Å². The van der Waals surface area contributed by atoms with Crippen molar-refractivity contribution in [1.29, 1.82) is 0 Å². The van der Waals surface area contributed by atoms with E-state index in [0.717, 1.165) is 44.6 Å². The van der Waals surface area contributed by atoms with Gasteiger partial charge in [0.1, 0.15) is 0 Å². The van der Waals surface area contributed by atoms with Crippen molar-refractivity contribution in [2.45, 2.75) is 0 Å². The van der Waals surface area contributed by atoms with Gasteiger partial charge in [0.2, 0.25) is 0 Å². The maximum atomic E-state index is 4.72. The van der Waals surface area contributed by atoms with Crippen LogP contribution in [0, 0.1) is 0 Å². The van der Waals surface area contributed by atoms with Gasteiger partial charge in [0.15, 0.2) is 0 Å². The summed E-state index contributed by atoms with van der Waals surface area (Å²) in [5.41, 5.74) is 6.21. The highest BCUT2D eigenvalue weighted by Gasteiger charge is 2.09. The van der Waals surface area contributed by atoms with Crippen molar-refractivity contribution in [3.05, 3.63) is 109 Å². The fraction of sp³-hybridized carbons (Fsp3) is 0.0370. The summed E-state index contributed by atoms with van der Waals surface area (Å²) in [6.45, 7) is 0. The summed E-state index contributed by atoms with van der Waals surface area (Å²) in [7, 11) is 2.08. The largest absolute Gasteiger partial charge is 0.344 e. The zero-order valence-electron chi connectivity index (χ0n) is 17.6. The molecule has 0 N–H and O–H groups in total. The zero-order chi connectivity index (χ0) is 21.5. The molecule has 154 valence electrons. The summed E-state index contributed by atoms with van der Waals surface area (Å²) < 4.78 is 3.88. The van der Waals surface area contributed by atoms with Crippen LogP contribution in [0.4, 0.5) is 11.4 Å². The topological polar surface area (TPSA) is 38.9 Å². The predicted molar refractivity (Wildman–Crippen MR) is 130 cm³/mol. The first kappa shape index (κ1) is 18.4. The molecule has 0 radical (unpaired) electrons. The zero-order valence-corrected chi connectivity index (χ0v) is 17.6. The van der Waals surface area contributed by atoms with Gasteiger partial charge in [-0.2, -0.15) is 10.2 Å². The van der Waals surface area contributed by atoms with Crippen LogP contribution in [0.2, 0.25) is 0 Å². The van der Waals surface area contributed by atoms with Crippen molar-refractivity contribution in [2.24, 2.45) is 0 Å². The predicted octanol–water partition coefficient (Wildman–Crippen LogP) is 6.13. The summed E-state index contributed by atoms with van der Waals surface area (Å²) in [5, 5.41) is 11.7. The highest BCUT2D eigenvalue weighted by molar-refractivity contribution is 5.79. The van der Waals surface area contributed by atoms with Crippen molar-refractivity contribution in [2.75, 3.05) is 11.9 Å². The van der Waals surface area contributed by atoms with Crippen LogP contribution in [0.3, 0.4) is 0 Å². The molecule has 2 aromatic heterocycles. The van der Waals surface area contributed by atoms with Gasteiger partial charge in [-0.25, -0.2) is 9.36 Å². The van der Waals surface area contributed by atoms with Gasteiger partial charge >= 0.3 is 0 Å². The van der Waals surface area contributed by atoms with Crippen molar-refractivity contribution in [3.8, 4) is 11.4 Å². The fourth-order valence-electron chi connectivity index (χ4n) is 4.03. The maximum Gasteiger partial charge on any atom is 0.0927 e. The van der Waals surface area contributed by atoms with E-state index in [1.165, 1.54) is 0 Å². The molecule has 0 aliphatic rings. The van der Waals surface area contributed by atoms with E-state index in [9.17, 15) is 0 Å². The highest BCUT2D eigenvalue weighted by Crippen LogP contribution is 2.28. The van der Waals surface area contributed by atoms with E-state index in [2.05, 4.69) is 85.0 Å². The second-order valence-electron chi connectivity index (χ2n) is 7.86. The van der Waals surface area contributed by atoms with Crippen LogP contribution in [0.1, 0.15) is 0 Å². The summed E-state index contributed by atoms with van der Waals surface area (Å²) in [4.78, 5) is 2.18. The molecule has 32 heavy (non-hydrogen) atoms. The lowest BCUT2D eigenvalue weighted by Gasteiger charge is -2.21. The lowest BCUT2D eigenvalue weighted by atomic mass is 10.2. The summed E-state index contributed by atoms with van der Waals surface area (Å²) >= 11 is 0. The fourth-order valence-corrected chi connectivity index (χ4v) is 4.03. The molecule has 0 saturated heterocycles. The summed E-state index contributed by atoms with van der Waals surface area (Å²) in [5.74, 6) is 0. The molecule has 0 unspecified atom stereocenters. The Hall–Kier alpha value is -4.38. The van der Waals surface area contributed by atoms with Gasteiger partial charge in [-0.05, 0) is 48.5 Å². The van der Waals surface area contributed by atoms with Crippen LogP contribution in [0.15, 0.2) is 109 Å². The SMILES string of the molecule is CN(c1cccc(-n2cc3ccccc3n2)c1)c1cccc(-n2cc3ccccc3n2)c1. The van der Waals surface area contributed by atoms with E-state index in [1.807, 2.05) is 45.8 Å². The average Bonchev–Trinajstić information content (AvgIpc) is 3.48. The van der Waals surface area contributed by atoms with Crippen LogP contribution in [-0.4, -0.2) is 26.6 Å². The standard InChI is InChI=1S/C27H21N5/c1-30(22-10-6-12-24(16-22)31-18-20-8-2-4-14-26(20)28-31)23-11-7-13-25(17-23)32-19-21-9-3-5-15-27(21)29-32/h2-19H,1H3. The second-order valence-corrected chi connectivity index (χ2v) is 7.86. The minimum Gasteiger partial charge on any atom is -0.344 e. The molecule has 6 aromatic rings. The minimum absolute atomic E-state index is 0.991. The normalized spacial score (nSPS) is 11.3. The number of nitrogens with zero attached hydrogens (tertiary/aromatic N) is 5. The Morgan fingerprint density at radius 2 is 1.03 bits per heavy atom. The minimum atomic E-state index is 0.991. The van der Waals surface area contributed by atoms with Gasteiger partial charge < -0.3 is 4.90 Å². The van der Waals surface area contributed by atoms with Gasteiger partial charge in [0, 0.05) is 41.6 Å². The smallest absolute Gasteiger partial charge is 0.0927 e. The summed E-state index contributed by atoms with van der Waals surface area (Å²) in [6, 6.07) is 33.2. The first-order valence-electron chi connectivity index (χ1n) is 10.6. The summed E-state index contributed by atoms with van der Waals surface area (Å²) in [6.07, 6.45) is 4.13. The van der Waals surface area contributed by atoms with Crippen LogP contribution < -0.4 is 4.90 Å². The van der Waals surface area contributed by atoms with E-state index in [0.29, 0.717) is 0 Å². The number of hydrogen-bond donors (Lipinski definition) is 0. The van der Waals surface area contributed by atoms with Gasteiger partial charge in [-0.3, -0.25) is 0 Å². The van der Waals surface area contributed by atoms with Gasteiger partial charge in [0.05, 0.1) is 22.4 Å². The molecular weight excluding hydrogens is 394 g/mol. The van der Waals surface area contributed by atoms with E-state index in [-0.39, 0.29) is 0 Å². The molecule has 5 heteroatoms. The van der Waals surface area contributed by atoms with Crippen molar-refractivity contribution in [1.82, 2.24) is 19.6 Å². The number of rotatable bonds is 4. The van der Waals surface area contributed by atoms with Gasteiger partial charge in [0.25, 0.3) is 0 Å². The molecule has 5 nitrogen and oxygen atoms in total. The van der Waals surface area contributed by atoms with E-state index in [1.54, 1.807) is 0 Å². The third-order valence-corrected chi connectivity index (χ3v) is 5.79. The van der Waals surface area contributed by atoms with E-state index >= 15 is 0 Å². The van der Waals surface area contributed by atoms with E-state index in [4.69, 9.17) is 10.2 Å². The molecule has 0 atom stereocenters. The average molecular weight is 416 g/mol. The highest BCUT2D eigenvalue weighted by atomic mass is 15.3. The van der Waals surface area contributed by atoms with Crippen LogP contribution in [-0.2, 0) is 0 Å². The molecule has 0 amide bonds. The Bertz CT molecular complexity index is 1380. The second kappa shape index (κ2) is 7.39. The lowest BCUT2D eigenvalue weighted by molar-refractivity contribution is 0.893. The molecule has 0 aliphatic heterocycles. The molecule has 0 bridgehead atoms. The van der Waals surface area contributed by atoms with E-state index < -0.39 is 0 Å². The molecule has 0 saturated carbocycles.